The Balaban J connectivity index is 2.07. The van der Waals surface area contributed by atoms with Crippen LogP contribution in [0, 0.1) is 5.41 Å². The topological polar surface area (TPSA) is 45.2 Å². The Morgan fingerprint density at radius 3 is 2.95 bits per heavy atom. The zero-order chi connectivity index (χ0) is 13.9. The number of likely N-dealkylation sites (tertiary alicyclic amines) is 1. The quantitative estimate of drug-likeness (QED) is 0.906. The van der Waals surface area contributed by atoms with Gasteiger partial charge in [0.25, 0.3) is 5.91 Å². The molecule has 1 N–H and O–H groups in total. The van der Waals surface area contributed by atoms with Gasteiger partial charge >= 0.3 is 0 Å². The molecule has 4 nitrogen and oxygen atoms in total. The third kappa shape index (κ3) is 3.46. The van der Waals surface area contributed by atoms with E-state index in [0.29, 0.717) is 0 Å². The Kier molecular flexibility index (Phi) is 4.08. The number of hydrogen-bond donors (Lipinski definition) is 1. The first kappa shape index (κ1) is 13.8. The smallest absolute Gasteiger partial charge is 0.254 e. The molecular formula is C15H23N3O. The lowest BCUT2D eigenvalue weighted by atomic mass is 9.93. The number of carbonyl (C=O) groups is 1. The Morgan fingerprint density at radius 2 is 2.32 bits per heavy atom. The van der Waals surface area contributed by atoms with E-state index < -0.39 is 0 Å². The van der Waals surface area contributed by atoms with E-state index in [1.54, 1.807) is 12.3 Å². The maximum Gasteiger partial charge on any atom is 0.254 e. The Hall–Kier alpha value is -1.58. The summed E-state index contributed by atoms with van der Waals surface area (Å²) in [7, 11) is 0. The highest BCUT2D eigenvalue weighted by molar-refractivity contribution is 5.95. The van der Waals surface area contributed by atoms with Crippen LogP contribution in [0.5, 0.6) is 0 Å². The average molecular weight is 261 g/mol. The molecule has 4 heteroatoms. The highest BCUT2D eigenvalue weighted by Crippen LogP contribution is 2.29. The molecule has 0 radical (unpaired) electrons. The fraction of sp³-hybridized carbons (Fsp3) is 0.600. The molecule has 1 aromatic heterocycles. The van der Waals surface area contributed by atoms with Crippen molar-refractivity contribution in [2.75, 3.05) is 25.0 Å². The average Bonchev–Trinajstić information content (AvgIpc) is 2.76. The van der Waals surface area contributed by atoms with Gasteiger partial charge in [0.2, 0.25) is 0 Å². The van der Waals surface area contributed by atoms with Gasteiger partial charge in [-0.05, 0) is 30.4 Å². The van der Waals surface area contributed by atoms with Crippen molar-refractivity contribution in [2.24, 2.45) is 5.41 Å². The lowest BCUT2D eigenvalue weighted by Gasteiger charge is -2.20. The largest absolute Gasteiger partial charge is 0.370 e. The highest BCUT2D eigenvalue weighted by Gasteiger charge is 2.32. The van der Waals surface area contributed by atoms with Crippen LogP contribution in [0.1, 0.15) is 44.0 Å². The highest BCUT2D eigenvalue weighted by atomic mass is 16.2. The Bertz CT molecular complexity index is 456. The molecule has 104 valence electrons. The maximum atomic E-state index is 12.4. The molecule has 0 bridgehead atoms. The summed E-state index contributed by atoms with van der Waals surface area (Å²) in [6.45, 7) is 9.09. The second-order valence-electron chi connectivity index (χ2n) is 6.00. The summed E-state index contributed by atoms with van der Waals surface area (Å²) in [5.74, 6) is 0.902. The van der Waals surface area contributed by atoms with Crippen molar-refractivity contribution < 1.29 is 4.79 Å². The predicted octanol–water partition coefficient (Wildman–Crippen LogP) is 2.78. The number of anilines is 1. The minimum Gasteiger partial charge on any atom is -0.370 e. The van der Waals surface area contributed by atoms with Gasteiger partial charge in [0.05, 0.1) is 0 Å². The number of nitrogens with one attached hydrogen (secondary N) is 1. The third-order valence-electron chi connectivity index (χ3n) is 3.53. The predicted molar refractivity (Wildman–Crippen MR) is 77.3 cm³/mol. The molecule has 1 aromatic rings. The molecule has 2 rings (SSSR count). The number of nitrogens with zero attached hydrogens (tertiary/aromatic N) is 2. The fourth-order valence-electron chi connectivity index (χ4n) is 2.38. The fourth-order valence-corrected chi connectivity index (χ4v) is 2.38. The zero-order valence-corrected chi connectivity index (χ0v) is 12.1. The van der Waals surface area contributed by atoms with E-state index in [0.717, 1.165) is 43.9 Å². The van der Waals surface area contributed by atoms with E-state index in [1.807, 2.05) is 11.0 Å². The third-order valence-corrected chi connectivity index (χ3v) is 3.53. The van der Waals surface area contributed by atoms with Gasteiger partial charge in [0.15, 0.2) is 0 Å². The van der Waals surface area contributed by atoms with Crippen molar-refractivity contribution in [2.45, 2.75) is 33.6 Å². The molecule has 0 saturated carbocycles. The molecule has 19 heavy (non-hydrogen) atoms. The van der Waals surface area contributed by atoms with E-state index in [-0.39, 0.29) is 11.3 Å². The van der Waals surface area contributed by atoms with Crippen molar-refractivity contribution in [1.29, 1.82) is 0 Å². The van der Waals surface area contributed by atoms with Gasteiger partial charge in [-0.1, -0.05) is 20.8 Å². The van der Waals surface area contributed by atoms with Gasteiger partial charge in [-0.2, -0.15) is 0 Å². The molecular weight excluding hydrogens is 238 g/mol. The molecule has 1 amide bonds. The van der Waals surface area contributed by atoms with Gasteiger partial charge in [0.1, 0.15) is 5.82 Å². The van der Waals surface area contributed by atoms with Crippen LogP contribution in [0.3, 0.4) is 0 Å². The van der Waals surface area contributed by atoms with Crippen LogP contribution < -0.4 is 5.32 Å². The number of pyridine rings is 1. The Morgan fingerprint density at radius 1 is 1.53 bits per heavy atom. The minimum absolute atomic E-state index is 0.118. The molecule has 2 heterocycles. The van der Waals surface area contributed by atoms with E-state index in [9.17, 15) is 4.79 Å². The van der Waals surface area contributed by atoms with Crippen molar-refractivity contribution in [1.82, 2.24) is 9.88 Å². The molecule has 0 aromatic carbocycles. The summed E-state index contributed by atoms with van der Waals surface area (Å²) in [4.78, 5) is 18.6. The SMILES string of the molecule is CCCNc1cc(C(=O)N2CCC(C)(C)C2)ccn1. The van der Waals surface area contributed by atoms with Crippen molar-refractivity contribution in [3.05, 3.63) is 23.9 Å². The molecule has 0 spiro atoms. The number of amides is 1. The summed E-state index contributed by atoms with van der Waals surface area (Å²) in [5, 5.41) is 3.21. The molecule has 0 aliphatic carbocycles. The first-order valence-corrected chi connectivity index (χ1v) is 7.01. The summed E-state index contributed by atoms with van der Waals surface area (Å²) in [5.41, 5.74) is 0.970. The number of carbonyl (C=O) groups excluding carboxylic acids is 1. The zero-order valence-electron chi connectivity index (χ0n) is 12.1. The molecule has 1 fully saturated rings. The summed E-state index contributed by atoms with van der Waals surface area (Å²) >= 11 is 0. The van der Waals surface area contributed by atoms with E-state index in [1.165, 1.54) is 0 Å². The molecule has 1 saturated heterocycles. The summed E-state index contributed by atoms with van der Waals surface area (Å²) in [6, 6.07) is 3.65. The van der Waals surface area contributed by atoms with Crippen LogP contribution in [-0.2, 0) is 0 Å². The second kappa shape index (κ2) is 5.59. The van der Waals surface area contributed by atoms with E-state index in [4.69, 9.17) is 0 Å². The van der Waals surface area contributed by atoms with Crippen molar-refractivity contribution >= 4 is 11.7 Å². The first-order valence-electron chi connectivity index (χ1n) is 7.01. The van der Waals surface area contributed by atoms with E-state index in [2.05, 4.69) is 31.1 Å². The molecule has 0 atom stereocenters. The standard InChI is InChI=1S/C15H23N3O/c1-4-7-16-13-10-12(5-8-17-13)14(19)18-9-6-15(2,3)11-18/h5,8,10H,4,6-7,9,11H2,1-3H3,(H,16,17). The molecule has 1 aliphatic rings. The second-order valence-corrected chi connectivity index (χ2v) is 6.00. The lowest BCUT2D eigenvalue weighted by molar-refractivity contribution is 0.0778. The number of hydrogen-bond acceptors (Lipinski definition) is 3. The monoisotopic (exact) mass is 261 g/mol. The van der Waals surface area contributed by atoms with Crippen LogP contribution in [0.2, 0.25) is 0 Å². The van der Waals surface area contributed by atoms with Crippen LogP contribution in [0.15, 0.2) is 18.3 Å². The van der Waals surface area contributed by atoms with Crippen molar-refractivity contribution in [3.8, 4) is 0 Å². The van der Waals surface area contributed by atoms with Gasteiger partial charge < -0.3 is 10.2 Å². The normalized spacial score (nSPS) is 17.5. The van der Waals surface area contributed by atoms with Crippen LogP contribution >= 0.6 is 0 Å². The van der Waals surface area contributed by atoms with Crippen LogP contribution in [0.4, 0.5) is 5.82 Å². The van der Waals surface area contributed by atoms with Gasteiger partial charge in [-0.25, -0.2) is 4.98 Å². The van der Waals surface area contributed by atoms with E-state index >= 15 is 0 Å². The Labute approximate surface area is 115 Å². The van der Waals surface area contributed by atoms with Gasteiger partial charge in [-0.3, -0.25) is 4.79 Å². The minimum atomic E-state index is 0.118. The number of rotatable bonds is 4. The summed E-state index contributed by atoms with van der Waals surface area (Å²) < 4.78 is 0. The van der Waals surface area contributed by atoms with Crippen molar-refractivity contribution in [3.63, 3.8) is 0 Å². The first-order chi connectivity index (χ1) is 9.02. The van der Waals surface area contributed by atoms with Gasteiger partial charge in [-0.15, -0.1) is 0 Å². The maximum absolute atomic E-state index is 12.4. The lowest BCUT2D eigenvalue weighted by Crippen LogP contribution is -2.30. The molecule has 0 unspecified atom stereocenters. The number of aromatic nitrogens is 1. The summed E-state index contributed by atoms with van der Waals surface area (Å²) in [6.07, 6.45) is 3.82. The van der Waals surface area contributed by atoms with Crippen LogP contribution in [-0.4, -0.2) is 35.4 Å². The van der Waals surface area contributed by atoms with Crippen LogP contribution in [0.25, 0.3) is 0 Å². The molecule has 1 aliphatic heterocycles. The van der Waals surface area contributed by atoms with Gasteiger partial charge in [0, 0.05) is 31.4 Å².